The van der Waals surface area contributed by atoms with E-state index in [-0.39, 0.29) is 5.91 Å². The van der Waals surface area contributed by atoms with Crippen LogP contribution in [0.5, 0.6) is 0 Å². The molecule has 8 nitrogen and oxygen atoms in total. The highest BCUT2D eigenvalue weighted by Crippen LogP contribution is 2.20. The topological polar surface area (TPSA) is 72.1 Å². The third kappa shape index (κ3) is 3.75. The van der Waals surface area contributed by atoms with Gasteiger partial charge in [-0.25, -0.2) is 14.6 Å². The molecule has 1 aromatic carbocycles. The van der Waals surface area contributed by atoms with Crippen molar-refractivity contribution in [1.82, 2.24) is 29.2 Å². The number of aromatic nitrogens is 5. The molecule has 1 aliphatic rings. The zero-order valence-electron chi connectivity index (χ0n) is 18.2. The van der Waals surface area contributed by atoms with Crippen molar-refractivity contribution in [2.45, 2.75) is 13.8 Å². The van der Waals surface area contributed by atoms with E-state index >= 15 is 0 Å². The number of rotatable bonds is 4. The Balaban J connectivity index is 1.30. The standard InChI is InChI=1S/C24H25N7O/c1-18-21(17-25-31(18)20-8-4-3-5-9-20)24(32)30-14-12-29(13-15-30)23-16-22(26-19(2)27-23)28-10-6-7-11-28/h3-11,16-17H,12-15H2,1-2H3. The first-order valence-electron chi connectivity index (χ1n) is 10.7. The van der Waals surface area contributed by atoms with Crippen LogP contribution in [0.25, 0.3) is 11.5 Å². The van der Waals surface area contributed by atoms with Crippen molar-refractivity contribution >= 4 is 11.7 Å². The second kappa shape index (κ2) is 8.30. The smallest absolute Gasteiger partial charge is 0.257 e. The Morgan fingerprint density at radius 2 is 1.56 bits per heavy atom. The highest BCUT2D eigenvalue weighted by atomic mass is 16.2. The van der Waals surface area contributed by atoms with E-state index in [2.05, 4.69) is 20.0 Å². The molecule has 0 unspecified atom stereocenters. The van der Waals surface area contributed by atoms with Crippen LogP contribution in [0, 0.1) is 13.8 Å². The maximum atomic E-state index is 13.2. The average molecular weight is 428 g/mol. The number of para-hydroxylation sites is 1. The van der Waals surface area contributed by atoms with E-state index in [0.29, 0.717) is 18.7 Å². The molecule has 1 aliphatic heterocycles. The Kier molecular flexibility index (Phi) is 5.18. The van der Waals surface area contributed by atoms with E-state index in [1.165, 1.54) is 0 Å². The molecule has 0 atom stereocenters. The number of carbonyl (C=O) groups is 1. The minimum atomic E-state index is 0.0243. The van der Waals surface area contributed by atoms with Crippen LogP contribution in [0.1, 0.15) is 21.9 Å². The quantitative estimate of drug-likeness (QED) is 0.501. The average Bonchev–Trinajstić information content (AvgIpc) is 3.49. The van der Waals surface area contributed by atoms with Crippen LogP contribution in [0.3, 0.4) is 0 Å². The predicted octanol–water partition coefficient (Wildman–Crippen LogP) is 3.03. The van der Waals surface area contributed by atoms with Gasteiger partial charge in [-0.05, 0) is 38.1 Å². The Bertz CT molecular complexity index is 1220. The molecule has 5 rings (SSSR count). The largest absolute Gasteiger partial charge is 0.353 e. The lowest BCUT2D eigenvalue weighted by atomic mass is 10.2. The fourth-order valence-corrected chi connectivity index (χ4v) is 4.08. The Morgan fingerprint density at radius 3 is 2.28 bits per heavy atom. The number of carbonyl (C=O) groups excluding carboxylic acids is 1. The first-order chi connectivity index (χ1) is 15.6. The molecule has 4 heterocycles. The van der Waals surface area contributed by atoms with Crippen LogP contribution in [0.4, 0.5) is 5.82 Å². The van der Waals surface area contributed by atoms with E-state index in [1.807, 2.05) is 88.9 Å². The lowest BCUT2D eigenvalue weighted by molar-refractivity contribution is 0.0745. The first-order valence-corrected chi connectivity index (χ1v) is 10.7. The van der Waals surface area contributed by atoms with Gasteiger partial charge in [0, 0.05) is 44.6 Å². The maximum Gasteiger partial charge on any atom is 0.257 e. The monoisotopic (exact) mass is 427 g/mol. The summed E-state index contributed by atoms with van der Waals surface area (Å²) >= 11 is 0. The van der Waals surface area contributed by atoms with E-state index in [4.69, 9.17) is 0 Å². The molecule has 0 N–H and O–H groups in total. The molecular formula is C24H25N7O. The second-order valence-electron chi connectivity index (χ2n) is 7.89. The van der Waals surface area contributed by atoms with Crippen LogP contribution >= 0.6 is 0 Å². The number of aryl methyl sites for hydroxylation is 1. The number of piperazine rings is 1. The van der Waals surface area contributed by atoms with E-state index in [1.54, 1.807) is 6.20 Å². The summed E-state index contributed by atoms with van der Waals surface area (Å²) < 4.78 is 3.79. The van der Waals surface area contributed by atoms with Crippen molar-refractivity contribution in [2.24, 2.45) is 0 Å². The summed E-state index contributed by atoms with van der Waals surface area (Å²) in [6.07, 6.45) is 5.62. The zero-order valence-corrected chi connectivity index (χ0v) is 18.2. The fourth-order valence-electron chi connectivity index (χ4n) is 4.08. The summed E-state index contributed by atoms with van der Waals surface area (Å²) in [4.78, 5) is 26.5. The molecule has 162 valence electrons. The molecule has 0 saturated carbocycles. The fraction of sp³-hybridized carbons (Fsp3) is 0.250. The van der Waals surface area contributed by atoms with Gasteiger partial charge < -0.3 is 14.4 Å². The van der Waals surface area contributed by atoms with Crippen molar-refractivity contribution in [1.29, 1.82) is 0 Å². The highest BCUT2D eigenvalue weighted by molar-refractivity contribution is 5.95. The van der Waals surface area contributed by atoms with Gasteiger partial charge in [-0.15, -0.1) is 0 Å². The molecule has 1 fully saturated rings. The van der Waals surface area contributed by atoms with Crippen LogP contribution in [-0.4, -0.2) is 61.3 Å². The third-order valence-corrected chi connectivity index (χ3v) is 5.81. The third-order valence-electron chi connectivity index (χ3n) is 5.81. The summed E-state index contributed by atoms with van der Waals surface area (Å²) in [5.74, 6) is 2.49. The highest BCUT2D eigenvalue weighted by Gasteiger charge is 2.26. The van der Waals surface area contributed by atoms with Gasteiger partial charge in [0.2, 0.25) is 0 Å². The summed E-state index contributed by atoms with van der Waals surface area (Å²) in [5.41, 5.74) is 2.45. The van der Waals surface area contributed by atoms with Gasteiger partial charge in [-0.2, -0.15) is 5.10 Å². The molecule has 0 radical (unpaired) electrons. The molecule has 32 heavy (non-hydrogen) atoms. The minimum Gasteiger partial charge on any atom is -0.353 e. The van der Waals surface area contributed by atoms with Gasteiger partial charge in [-0.3, -0.25) is 4.79 Å². The van der Waals surface area contributed by atoms with Gasteiger partial charge in [0.1, 0.15) is 17.5 Å². The van der Waals surface area contributed by atoms with Gasteiger partial charge in [0.15, 0.2) is 0 Å². The molecule has 1 saturated heterocycles. The summed E-state index contributed by atoms with van der Waals surface area (Å²) in [6.45, 7) is 6.56. The van der Waals surface area contributed by atoms with Crippen molar-refractivity contribution in [3.63, 3.8) is 0 Å². The van der Waals surface area contributed by atoms with E-state index in [0.717, 1.165) is 41.9 Å². The second-order valence-corrected chi connectivity index (χ2v) is 7.89. The Hall–Kier alpha value is -3.94. The number of anilines is 1. The normalized spacial score (nSPS) is 14.1. The minimum absolute atomic E-state index is 0.0243. The van der Waals surface area contributed by atoms with Crippen molar-refractivity contribution in [3.05, 3.63) is 84.2 Å². The number of hydrogen-bond donors (Lipinski definition) is 0. The molecule has 1 amide bonds. The summed E-state index contributed by atoms with van der Waals surface area (Å²) in [5, 5.41) is 4.45. The van der Waals surface area contributed by atoms with Crippen molar-refractivity contribution < 1.29 is 4.79 Å². The van der Waals surface area contributed by atoms with Crippen LogP contribution in [-0.2, 0) is 0 Å². The van der Waals surface area contributed by atoms with Crippen LogP contribution in [0.15, 0.2) is 67.1 Å². The lowest BCUT2D eigenvalue weighted by Gasteiger charge is -2.35. The zero-order chi connectivity index (χ0) is 22.1. The van der Waals surface area contributed by atoms with Crippen molar-refractivity contribution in [3.8, 4) is 11.5 Å². The molecular weight excluding hydrogens is 402 g/mol. The lowest BCUT2D eigenvalue weighted by Crippen LogP contribution is -2.49. The van der Waals surface area contributed by atoms with Gasteiger partial charge in [0.25, 0.3) is 5.91 Å². The Morgan fingerprint density at radius 1 is 0.875 bits per heavy atom. The molecule has 4 aromatic rings. The molecule has 0 aliphatic carbocycles. The molecule has 8 heteroatoms. The van der Waals surface area contributed by atoms with Crippen LogP contribution < -0.4 is 4.90 Å². The van der Waals surface area contributed by atoms with E-state index in [9.17, 15) is 4.79 Å². The summed E-state index contributed by atoms with van der Waals surface area (Å²) in [7, 11) is 0. The van der Waals surface area contributed by atoms with Gasteiger partial charge >= 0.3 is 0 Å². The Labute approximate surface area is 186 Å². The first kappa shape index (κ1) is 20.0. The van der Waals surface area contributed by atoms with Crippen LogP contribution in [0.2, 0.25) is 0 Å². The number of benzene rings is 1. The number of nitrogens with zero attached hydrogens (tertiary/aromatic N) is 7. The number of hydrogen-bond acceptors (Lipinski definition) is 5. The van der Waals surface area contributed by atoms with Gasteiger partial charge in [-0.1, -0.05) is 18.2 Å². The SMILES string of the molecule is Cc1nc(N2CCN(C(=O)c3cnn(-c4ccccc4)c3C)CC2)cc(-n2cccc2)n1. The van der Waals surface area contributed by atoms with Gasteiger partial charge in [0.05, 0.1) is 23.1 Å². The summed E-state index contributed by atoms with van der Waals surface area (Å²) in [6, 6.07) is 15.8. The molecule has 0 bridgehead atoms. The van der Waals surface area contributed by atoms with Crippen molar-refractivity contribution in [2.75, 3.05) is 31.1 Å². The predicted molar refractivity (Wildman–Crippen MR) is 123 cm³/mol. The van der Waals surface area contributed by atoms with E-state index < -0.39 is 0 Å². The molecule has 3 aromatic heterocycles. The molecule has 0 spiro atoms. The maximum absolute atomic E-state index is 13.2. The number of amides is 1.